The third-order valence-electron chi connectivity index (χ3n) is 4.76. The van der Waals surface area contributed by atoms with Crippen molar-refractivity contribution in [2.45, 2.75) is 58.3 Å². The van der Waals surface area contributed by atoms with Crippen LogP contribution in [0.25, 0.3) is 0 Å². The number of ketones is 2. The average molecular weight is 393 g/mol. The summed E-state index contributed by atoms with van der Waals surface area (Å²) in [5, 5.41) is 9.50. The first-order valence-corrected chi connectivity index (χ1v) is 9.65. The molecule has 0 heterocycles. The number of hydrogen-bond donors (Lipinski definition) is 2. The maximum atomic E-state index is 12.6. The van der Waals surface area contributed by atoms with Crippen molar-refractivity contribution in [1.29, 1.82) is 0 Å². The van der Waals surface area contributed by atoms with Crippen molar-refractivity contribution in [3.8, 4) is 0 Å². The first-order valence-electron chi connectivity index (χ1n) is 9.65. The van der Waals surface area contributed by atoms with E-state index in [1.807, 2.05) is 0 Å². The fourth-order valence-electron chi connectivity index (χ4n) is 3.09. The van der Waals surface area contributed by atoms with Crippen molar-refractivity contribution in [2.75, 3.05) is 20.8 Å². The Morgan fingerprint density at radius 1 is 0.929 bits per heavy atom. The molecule has 1 aliphatic rings. The quantitative estimate of drug-likeness (QED) is 0.281. The molecular formula is C21H31NO6. The molecule has 0 radical (unpaired) electrons. The van der Waals surface area contributed by atoms with Crippen molar-refractivity contribution < 1.29 is 29.0 Å². The summed E-state index contributed by atoms with van der Waals surface area (Å²) in [4.78, 5) is 36.6. The number of carbonyl (C=O) groups excluding carboxylic acids is 2. The second-order valence-electron chi connectivity index (χ2n) is 6.75. The molecule has 0 unspecified atom stereocenters. The van der Waals surface area contributed by atoms with Gasteiger partial charge in [0.15, 0.2) is 0 Å². The molecule has 156 valence electrons. The van der Waals surface area contributed by atoms with Gasteiger partial charge in [-0.1, -0.05) is 32.1 Å². The van der Waals surface area contributed by atoms with Gasteiger partial charge < -0.3 is 20.3 Å². The predicted molar refractivity (Wildman–Crippen MR) is 105 cm³/mol. The second kappa shape index (κ2) is 12.1. The van der Waals surface area contributed by atoms with Crippen molar-refractivity contribution >= 4 is 17.5 Å². The Kier molecular flexibility index (Phi) is 10.2. The van der Waals surface area contributed by atoms with Gasteiger partial charge >= 0.3 is 5.97 Å². The van der Waals surface area contributed by atoms with E-state index in [2.05, 4.69) is 0 Å². The van der Waals surface area contributed by atoms with Gasteiger partial charge in [0.05, 0.1) is 14.2 Å². The highest BCUT2D eigenvalue weighted by Crippen LogP contribution is 2.28. The minimum atomic E-state index is -1.09. The van der Waals surface area contributed by atoms with Gasteiger partial charge in [-0.05, 0) is 38.8 Å². The van der Waals surface area contributed by atoms with E-state index in [0.717, 1.165) is 45.1 Å². The predicted octanol–water partition coefficient (Wildman–Crippen LogP) is 3.05. The molecule has 0 atom stereocenters. The lowest BCUT2D eigenvalue weighted by atomic mass is 9.91. The molecule has 1 aliphatic carbocycles. The number of methoxy groups -OCH3 is 2. The molecular weight excluding hydrogens is 362 g/mol. The van der Waals surface area contributed by atoms with Gasteiger partial charge in [0.25, 0.3) is 0 Å². The number of carbonyl (C=O) groups is 3. The van der Waals surface area contributed by atoms with Crippen molar-refractivity contribution in [1.82, 2.24) is 0 Å². The molecule has 0 bridgehead atoms. The minimum Gasteiger partial charge on any atom is -0.489 e. The number of carboxylic acids is 1. The van der Waals surface area contributed by atoms with Gasteiger partial charge in [0, 0.05) is 16.7 Å². The van der Waals surface area contributed by atoms with E-state index in [1.165, 1.54) is 27.2 Å². The van der Waals surface area contributed by atoms with E-state index in [1.54, 1.807) is 0 Å². The van der Waals surface area contributed by atoms with Crippen LogP contribution in [0.15, 0.2) is 34.3 Å². The van der Waals surface area contributed by atoms with Crippen LogP contribution in [0.2, 0.25) is 0 Å². The summed E-state index contributed by atoms with van der Waals surface area (Å²) in [6, 6.07) is 0. The van der Waals surface area contributed by atoms with E-state index < -0.39 is 17.5 Å². The molecule has 0 aromatic heterocycles. The third kappa shape index (κ3) is 6.34. The Morgan fingerprint density at radius 3 is 1.93 bits per heavy atom. The highest BCUT2D eigenvalue weighted by Gasteiger charge is 2.34. The molecule has 7 nitrogen and oxygen atoms in total. The van der Waals surface area contributed by atoms with Crippen LogP contribution in [-0.4, -0.2) is 43.4 Å². The summed E-state index contributed by atoms with van der Waals surface area (Å²) in [5.41, 5.74) is 5.77. The SMILES string of the molecule is COC1=C(OC)C(=O)C(/C=C(\CCCCCCCCCN)C(=O)O)=C(C)C1=O. The second-order valence-corrected chi connectivity index (χ2v) is 6.75. The number of unbranched alkanes of at least 4 members (excludes halogenated alkanes) is 6. The molecule has 3 N–H and O–H groups in total. The zero-order valence-corrected chi connectivity index (χ0v) is 17.0. The van der Waals surface area contributed by atoms with E-state index in [4.69, 9.17) is 15.2 Å². The standard InChI is InChI=1S/C21H31NO6/c1-14-16(18(24)20(28-3)19(27-2)17(14)23)13-15(21(25)26)11-9-7-5-4-6-8-10-12-22/h13H,4-12,22H2,1-3H3,(H,25,26)/b15-13+. The lowest BCUT2D eigenvalue weighted by Gasteiger charge is -2.19. The van der Waals surface area contributed by atoms with Gasteiger partial charge in [-0.2, -0.15) is 0 Å². The number of hydrogen-bond acceptors (Lipinski definition) is 6. The first-order chi connectivity index (χ1) is 13.4. The van der Waals surface area contributed by atoms with Gasteiger partial charge in [-0.15, -0.1) is 0 Å². The van der Waals surface area contributed by atoms with Crippen LogP contribution < -0.4 is 5.73 Å². The molecule has 0 saturated carbocycles. The average Bonchev–Trinajstić information content (AvgIpc) is 2.67. The fraction of sp³-hybridized carbons (Fsp3) is 0.571. The van der Waals surface area contributed by atoms with Crippen LogP contribution in [0.4, 0.5) is 0 Å². The number of nitrogens with two attached hydrogens (primary N) is 1. The highest BCUT2D eigenvalue weighted by atomic mass is 16.5. The van der Waals surface area contributed by atoms with E-state index >= 15 is 0 Å². The largest absolute Gasteiger partial charge is 0.489 e. The molecule has 0 aromatic rings. The summed E-state index contributed by atoms with van der Waals surface area (Å²) in [6.07, 6.45) is 8.68. The molecule has 0 aliphatic heterocycles. The van der Waals surface area contributed by atoms with Gasteiger partial charge in [0.1, 0.15) is 0 Å². The summed E-state index contributed by atoms with van der Waals surface area (Å²) in [6.45, 7) is 2.20. The molecule has 7 heteroatoms. The molecule has 0 spiro atoms. The molecule has 1 rings (SSSR count). The van der Waals surface area contributed by atoms with Gasteiger partial charge in [-0.3, -0.25) is 9.59 Å². The van der Waals surface area contributed by atoms with E-state index in [9.17, 15) is 19.5 Å². The normalized spacial score (nSPS) is 15.4. The summed E-state index contributed by atoms with van der Waals surface area (Å²) < 4.78 is 10.00. The summed E-state index contributed by atoms with van der Waals surface area (Å²) in [7, 11) is 2.56. The number of rotatable bonds is 13. The monoisotopic (exact) mass is 393 g/mol. The Morgan fingerprint density at radius 2 is 1.43 bits per heavy atom. The van der Waals surface area contributed by atoms with E-state index in [0.29, 0.717) is 12.8 Å². The van der Waals surface area contributed by atoms with Crippen LogP contribution in [0.3, 0.4) is 0 Å². The highest BCUT2D eigenvalue weighted by molar-refractivity contribution is 6.24. The number of aliphatic carboxylic acids is 1. The maximum Gasteiger partial charge on any atom is 0.331 e. The Balaban J connectivity index is 2.80. The number of ether oxygens (including phenoxy) is 2. The zero-order chi connectivity index (χ0) is 21.1. The Bertz CT molecular complexity index is 687. The lowest BCUT2D eigenvalue weighted by molar-refractivity contribution is -0.132. The van der Waals surface area contributed by atoms with Gasteiger partial charge in [-0.25, -0.2) is 4.79 Å². The first kappa shape index (κ1) is 23.6. The van der Waals surface area contributed by atoms with Crippen molar-refractivity contribution in [3.63, 3.8) is 0 Å². The van der Waals surface area contributed by atoms with Gasteiger partial charge in [0.2, 0.25) is 23.1 Å². The van der Waals surface area contributed by atoms with Crippen molar-refractivity contribution in [3.05, 3.63) is 34.3 Å². The smallest absolute Gasteiger partial charge is 0.331 e. The number of allylic oxidation sites excluding steroid dienone is 3. The summed E-state index contributed by atoms with van der Waals surface area (Å²) in [5.74, 6) is -2.48. The van der Waals surface area contributed by atoms with Crippen LogP contribution in [-0.2, 0) is 23.9 Å². The topological polar surface area (TPSA) is 116 Å². The minimum absolute atomic E-state index is 0.0434. The van der Waals surface area contributed by atoms with Crippen LogP contribution in [0.5, 0.6) is 0 Å². The summed E-state index contributed by atoms with van der Waals surface area (Å²) >= 11 is 0. The zero-order valence-electron chi connectivity index (χ0n) is 17.0. The van der Waals surface area contributed by atoms with E-state index in [-0.39, 0.29) is 28.2 Å². The third-order valence-corrected chi connectivity index (χ3v) is 4.76. The number of Topliss-reactive ketones (excluding diaryl/α,β-unsaturated/α-hetero) is 2. The molecule has 0 saturated heterocycles. The molecule has 0 amide bonds. The van der Waals surface area contributed by atoms with Crippen LogP contribution in [0, 0.1) is 0 Å². The van der Waals surface area contributed by atoms with Crippen molar-refractivity contribution in [2.24, 2.45) is 5.73 Å². The maximum absolute atomic E-state index is 12.6. The van der Waals surface area contributed by atoms with Crippen LogP contribution >= 0.6 is 0 Å². The number of carboxylic acid groups (broad SMARTS) is 1. The molecule has 0 fully saturated rings. The van der Waals surface area contributed by atoms with Crippen LogP contribution in [0.1, 0.15) is 58.3 Å². The fourth-order valence-corrected chi connectivity index (χ4v) is 3.09. The Hall–Kier alpha value is -2.41. The molecule has 28 heavy (non-hydrogen) atoms. The molecule has 0 aromatic carbocycles. The lowest BCUT2D eigenvalue weighted by Crippen LogP contribution is -2.24. The Labute approximate surface area is 166 Å².